The maximum absolute atomic E-state index is 10.6. The predicted octanol–water partition coefficient (Wildman–Crippen LogP) is 2.44. The SMILES string of the molecule is CC(C)c1cc(C=O)ccc1C=O. The quantitative estimate of drug-likeness (QED) is 0.663. The van der Waals surface area contributed by atoms with E-state index in [9.17, 15) is 9.59 Å². The van der Waals surface area contributed by atoms with Gasteiger partial charge in [-0.05, 0) is 17.5 Å². The second-order valence-electron chi connectivity index (χ2n) is 3.28. The van der Waals surface area contributed by atoms with E-state index in [4.69, 9.17) is 0 Å². The summed E-state index contributed by atoms with van der Waals surface area (Å²) in [6, 6.07) is 5.11. The number of rotatable bonds is 3. The highest BCUT2D eigenvalue weighted by Gasteiger charge is 2.06. The van der Waals surface area contributed by atoms with E-state index in [-0.39, 0.29) is 5.92 Å². The van der Waals surface area contributed by atoms with Crippen LogP contribution in [0.25, 0.3) is 0 Å². The first-order valence-electron chi connectivity index (χ1n) is 4.23. The number of hydrogen-bond donors (Lipinski definition) is 0. The van der Waals surface area contributed by atoms with E-state index in [1.165, 1.54) is 0 Å². The van der Waals surface area contributed by atoms with E-state index >= 15 is 0 Å². The molecule has 1 aromatic carbocycles. The van der Waals surface area contributed by atoms with Gasteiger partial charge in [0.1, 0.15) is 12.6 Å². The van der Waals surface area contributed by atoms with Crippen molar-refractivity contribution in [2.45, 2.75) is 19.8 Å². The Morgan fingerprint density at radius 1 is 1.15 bits per heavy atom. The third-order valence-corrected chi connectivity index (χ3v) is 2.00. The fourth-order valence-electron chi connectivity index (χ4n) is 1.27. The molecular weight excluding hydrogens is 164 g/mol. The normalized spacial score (nSPS) is 10.1. The molecule has 0 fully saturated rings. The molecule has 1 aromatic rings. The summed E-state index contributed by atoms with van der Waals surface area (Å²) >= 11 is 0. The lowest BCUT2D eigenvalue weighted by molar-refractivity contribution is 0.111. The lowest BCUT2D eigenvalue weighted by atomic mass is 9.96. The van der Waals surface area contributed by atoms with E-state index in [0.29, 0.717) is 11.1 Å². The number of hydrogen-bond acceptors (Lipinski definition) is 2. The van der Waals surface area contributed by atoms with E-state index in [0.717, 1.165) is 18.1 Å². The van der Waals surface area contributed by atoms with E-state index < -0.39 is 0 Å². The molecule has 0 N–H and O–H groups in total. The van der Waals surface area contributed by atoms with Crippen molar-refractivity contribution in [2.75, 3.05) is 0 Å². The summed E-state index contributed by atoms with van der Waals surface area (Å²) in [6.07, 6.45) is 1.62. The highest BCUT2D eigenvalue weighted by Crippen LogP contribution is 2.19. The van der Waals surface area contributed by atoms with Crippen LogP contribution >= 0.6 is 0 Å². The van der Waals surface area contributed by atoms with Crippen LogP contribution in [0.4, 0.5) is 0 Å². The zero-order chi connectivity index (χ0) is 9.84. The Morgan fingerprint density at radius 2 is 1.85 bits per heavy atom. The average Bonchev–Trinajstić information content (AvgIpc) is 2.16. The summed E-state index contributed by atoms with van der Waals surface area (Å²) in [7, 11) is 0. The molecular formula is C11H12O2. The van der Waals surface area contributed by atoms with Crippen LogP contribution in [-0.2, 0) is 0 Å². The van der Waals surface area contributed by atoms with Crippen molar-refractivity contribution in [1.82, 2.24) is 0 Å². The molecule has 0 spiro atoms. The zero-order valence-electron chi connectivity index (χ0n) is 7.78. The van der Waals surface area contributed by atoms with Crippen LogP contribution in [0.15, 0.2) is 18.2 Å². The maximum atomic E-state index is 10.6. The van der Waals surface area contributed by atoms with Gasteiger partial charge >= 0.3 is 0 Å². The summed E-state index contributed by atoms with van der Waals surface area (Å²) in [6.45, 7) is 3.99. The first-order chi connectivity index (χ1) is 6.19. The van der Waals surface area contributed by atoms with Gasteiger partial charge in [0.2, 0.25) is 0 Å². The molecule has 0 saturated carbocycles. The van der Waals surface area contributed by atoms with E-state index in [1.54, 1.807) is 18.2 Å². The minimum absolute atomic E-state index is 0.264. The minimum Gasteiger partial charge on any atom is -0.298 e. The highest BCUT2D eigenvalue weighted by atomic mass is 16.1. The Bertz CT molecular complexity index is 327. The Hall–Kier alpha value is -1.44. The largest absolute Gasteiger partial charge is 0.298 e. The third-order valence-electron chi connectivity index (χ3n) is 2.00. The molecule has 0 aliphatic rings. The topological polar surface area (TPSA) is 34.1 Å². The number of aldehydes is 2. The van der Waals surface area contributed by atoms with Crippen molar-refractivity contribution < 1.29 is 9.59 Å². The van der Waals surface area contributed by atoms with Gasteiger partial charge < -0.3 is 0 Å². The Morgan fingerprint density at radius 3 is 2.31 bits per heavy atom. The van der Waals surface area contributed by atoms with Crippen molar-refractivity contribution in [3.05, 3.63) is 34.9 Å². The van der Waals surface area contributed by atoms with E-state index in [1.807, 2.05) is 13.8 Å². The minimum atomic E-state index is 0.264. The van der Waals surface area contributed by atoms with Gasteiger partial charge in [-0.3, -0.25) is 9.59 Å². The smallest absolute Gasteiger partial charge is 0.150 e. The molecule has 0 aliphatic carbocycles. The Kier molecular flexibility index (Phi) is 2.96. The Labute approximate surface area is 77.6 Å². The van der Waals surface area contributed by atoms with Gasteiger partial charge in [-0.25, -0.2) is 0 Å². The summed E-state index contributed by atoms with van der Waals surface area (Å²) in [4.78, 5) is 21.1. The third kappa shape index (κ3) is 2.02. The average molecular weight is 176 g/mol. The van der Waals surface area contributed by atoms with Gasteiger partial charge in [0.25, 0.3) is 0 Å². The number of carbonyl (C=O) groups is 2. The second kappa shape index (κ2) is 3.99. The van der Waals surface area contributed by atoms with Gasteiger partial charge in [-0.1, -0.05) is 26.0 Å². The van der Waals surface area contributed by atoms with Gasteiger partial charge in [-0.15, -0.1) is 0 Å². The molecule has 0 saturated heterocycles. The predicted molar refractivity (Wildman–Crippen MR) is 51.3 cm³/mol. The van der Waals surface area contributed by atoms with Crippen molar-refractivity contribution in [2.24, 2.45) is 0 Å². The number of benzene rings is 1. The van der Waals surface area contributed by atoms with Crippen LogP contribution in [0.1, 0.15) is 46.0 Å². The van der Waals surface area contributed by atoms with Crippen LogP contribution in [0.2, 0.25) is 0 Å². The van der Waals surface area contributed by atoms with Gasteiger partial charge in [-0.2, -0.15) is 0 Å². The molecule has 13 heavy (non-hydrogen) atoms. The second-order valence-corrected chi connectivity index (χ2v) is 3.28. The molecule has 0 bridgehead atoms. The number of carbonyl (C=O) groups excluding carboxylic acids is 2. The molecule has 0 aliphatic heterocycles. The fourth-order valence-corrected chi connectivity index (χ4v) is 1.27. The van der Waals surface area contributed by atoms with Crippen molar-refractivity contribution in [1.29, 1.82) is 0 Å². The molecule has 2 heteroatoms. The molecule has 68 valence electrons. The molecule has 0 aromatic heterocycles. The monoisotopic (exact) mass is 176 g/mol. The first kappa shape index (κ1) is 9.65. The molecule has 2 nitrogen and oxygen atoms in total. The van der Waals surface area contributed by atoms with Crippen LogP contribution < -0.4 is 0 Å². The van der Waals surface area contributed by atoms with Crippen LogP contribution in [0.3, 0.4) is 0 Å². The van der Waals surface area contributed by atoms with Gasteiger partial charge in [0.15, 0.2) is 0 Å². The molecule has 0 heterocycles. The maximum Gasteiger partial charge on any atom is 0.150 e. The van der Waals surface area contributed by atoms with Crippen LogP contribution in [0.5, 0.6) is 0 Å². The van der Waals surface area contributed by atoms with Crippen molar-refractivity contribution in [3.8, 4) is 0 Å². The Balaban J connectivity index is 3.25. The van der Waals surface area contributed by atoms with E-state index in [2.05, 4.69) is 0 Å². The summed E-state index contributed by atoms with van der Waals surface area (Å²) in [5, 5.41) is 0. The zero-order valence-corrected chi connectivity index (χ0v) is 7.78. The van der Waals surface area contributed by atoms with Gasteiger partial charge in [0.05, 0.1) is 0 Å². The molecule has 1 rings (SSSR count). The molecule has 0 radical (unpaired) electrons. The van der Waals surface area contributed by atoms with Crippen LogP contribution in [-0.4, -0.2) is 12.6 Å². The van der Waals surface area contributed by atoms with Crippen molar-refractivity contribution >= 4 is 12.6 Å². The highest BCUT2D eigenvalue weighted by molar-refractivity contribution is 5.82. The molecule has 0 unspecified atom stereocenters. The summed E-state index contributed by atoms with van der Waals surface area (Å²) in [5.74, 6) is 0.264. The standard InChI is InChI=1S/C11H12O2/c1-8(2)11-5-9(6-12)3-4-10(11)7-13/h3-8H,1-2H3. The lowest BCUT2D eigenvalue weighted by Gasteiger charge is -2.08. The molecule has 0 amide bonds. The first-order valence-corrected chi connectivity index (χ1v) is 4.23. The van der Waals surface area contributed by atoms with Crippen molar-refractivity contribution in [3.63, 3.8) is 0 Å². The summed E-state index contributed by atoms with van der Waals surface area (Å²) < 4.78 is 0. The molecule has 0 atom stereocenters. The fraction of sp³-hybridized carbons (Fsp3) is 0.273. The van der Waals surface area contributed by atoms with Gasteiger partial charge in [0, 0.05) is 11.1 Å². The lowest BCUT2D eigenvalue weighted by Crippen LogP contribution is -1.96. The van der Waals surface area contributed by atoms with Crippen LogP contribution in [0, 0.1) is 0 Å². The summed E-state index contributed by atoms with van der Waals surface area (Å²) in [5.41, 5.74) is 2.22.